The maximum Gasteiger partial charge on any atom is 0.200 e. The molecule has 0 saturated carbocycles. The maximum absolute atomic E-state index is 13.1. The zero-order valence-electron chi connectivity index (χ0n) is 13.7. The summed E-state index contributed by atoms with van der Waals surface area (Å²) in [5.74, 6) is -2.33. The molecule has 11 nitrogen and oxygen atoms in total. The minimum absolute atomic E-state index is 0.672. The van der Waals surface area contributed by atoms with Gasteiger partial charge in [0.25, 0.3) is 0 Å². The quantitative estimate of drug-likeness (QED) is 0.219. The summed E-state index contributed by atoms with van der Waals surface area (Å²) in [6.07, 6.45) is -16.1. The fourth-order valence-electron chi connectivity index (χ4n) is 3.15. The molecular formula is C14H25FO11. The normalized spacial score (nSPS) is 50.0. The lowest BCUT2D eigenvalue weighted by molar-refractivity contribution is -0.404. The van der Waals surface area contributed by atoms with Crippen LogP contribution in [0.2, 0.25) is 0 Å². The van der Waals surface area contributed by atoms with Gasteiger partial charge in [0, 0.05) is 6.42 Å². The van der Waals surface area contributed by atoms with Crippen molar-refractivity contribution in [2.24, 2.45) is 0 Å². The second-order valence-electron chi connectivity index (χ2n) is 6.33. The zero-order valence-corrected chi connectivity index (χ0v) is 13.7. The molecule has 0 amide bonds. The summed E-state index contributed by atoms with van der Waals surface area (Å²) in [6.45, 7) is -2.69. The van der Waals surface area contributed by atoms with Crippen molar-refractivity contribution in [2.75, 3.05) is 19.9 Å². The number of halogens is 1. The highest BCUT2D eigenvalue weighted by molar-refractivity contribution is 5.00. The van der Waals surface area contributed by atoms with Gasteiger partial charge in [0.2, 0.25) is 5.79 Å². The molecule has 0 aromatic rings. The van der Waals surface area contributed by atoms with Crippen LogP contribution in [0.1, 0.15) is 6.42 Å². The minimum Gasteiger partial charge on any atom is -0.394 e. The van der Waals surface area contributed by atoms with Gasteiger partial charge in [-0.15, -0.1) is 0 Å². The minimum atomic E-state index is -2.33. The van der Waals surface area contributed by atoms with E-state index in [1.807, 2.05) is 0 Å². The van der Waals surface area contributed by atoms with Crippen LogP contribution in [0.15, 0.2) is 0 Å². The molecule has 2 saturated heterocycles. The third kappa shape index (κ3) is 3.86. The smallest absolute Gasteiger partial charge is 0.200 e. The molecule has 1 unspecified atom stereocenters. The van der Waals surface area contributed by atoms with Crippen molar-refractivity contribution >= 4 is 0 Å². The molecule has 8 N–H and O–H groups in total. The van der Waals surface area contributed by atoms with E-state index in [9.17, 15) is 45.2 Å². The lowest BCUT2D eigenvalue weighted by atomic mass is 9.89. The summed E-state index contributed by atoms with van der Waals surface area (Å²) in [6, 6.07) is 0. The largest absolute Gasteiger partial charge is 0.394 e. The Labute approximate surface area is 147 Å². The first-order valence-corrected chi connectivity index (χ1v) is 8.09. The topological polar surface area (TPSA) is 190 Å². The third-order valence-corrected chi connectivity index (χ3v) is 4.65. The van der Waals surface area contributed by atoms with E-state index in [-0.39, 0.29) is 0 Å². The predicted molar refractivity (Wildman–Crippen MR) is 78.2 cm³/mol. The summed E-state index contributed by atoms with van der Waals surface area (Å²) in [5.41, 5.74) is 0. The molecule has 154 valence electrons. The van der Waals surface area contributed by atoms with Crippen LogP contribution >= 0.6 is 0 Å². The molecule has 2 heterocycles. The van der Waals surface area contributed by atoms with E-state index in [0.717, 1.165) is 0 Å². The van der Waals surface area contributed by atoms with Crippen molar-refractivity contribution < 1.29 is 59.5 Å². The van der Waals surface area contributed by atoms with Gasteiger partial charge < -0.3 is 55.1 Å². The molecule has 10 atom stereocenters. The number of hydrogen-bond acceptors (Lipinski definition) is 11. The van der Waals surface area contributed by atoms with E-state index in [4.69, 9.17) is 14.2 Å². The van der Waals surface area contributed by atoms with E-state index >= 15 is 0 Å². The van der Waals surface area contributed by atoms with Crippen LogP contribution in [0.25, 0.3) is 0 Å². The Kier molecular flexibility index (Phi) is 7.26. The van der Waals surface area contributed by atoms with Gasteiger partial charge in [-0.1, -0.05) is 0 Å². The van der Waals surface area contributed by atoms with Crippen molar-refractivity contribution in [1.82, 2.24) is 0 Å². The number of aliphatic hydroxyl groups is 8. The molecule has 0 radical (unpaired) electrons. The van der Waals surface area contributed by atoms with Crippen LogP contribution in [0.4, 0.5) is 4.39 Å². The Balaban J connectivity index is 2.33. The van der Waals surface area contributed by atoms with Crippen LogP contribution in [0.5, 0.6) is 0 Å². The molecule has 0 bridgehead atoms. The van der Waals surface area contributed by atoms with Crippen LogP contribution in [-0.2, 0) is 14.2 Å². The Morgan fingerprint density at radius 3 is 2.00 bits per heavy atom. The fourth-order valence-corrected chi connectivity index (χ4v) is 3.15. The summed E-state index contributed by atoms with van der Waals surface area (Å²) in [7, 11) is 0. The number of ether oxygens (including phenoxy) is 3. The summed E-state index contributed by atoms with van der Waals surface area (Å²) >= 11 is 0. The van der Waals surface area contributed by atoms with Crippen molar-refractivity contribution in [3.05, 3.63) is 0 Å². The van der Waals surface area contributed by atoms with Gasteiger partial charge in [-0.05, 0) is 0 Å². The molecule has 26 heavy (non-hydrogen) atoms. The first kappa shape index (κ1) is 21.8. The van der Waals surface area contributed by atoms with E-state index in [2.05, 4.69) is 0 Å². The van der Waals surface area contributed by atoms with Crippen molar-refractivity contribution in [2.45, 2.75) is 67.3 Å². The van der Waals surface area contributed by atoms with Crippen molar-refractivity contribution in [3.63, 3.8) is 0 Å². The van der Waals surface area contributed by atoms with Gasteiger partial charge in [0.1, 0.15) is 48.8 Å². The summed E-state index contributed by atoms with van der Waals surface area (Å²) in [4.78, 5) is 0. The summed E-state index contributed by atoms with van der Waals surface area (Å²) in [5, 5.41) is 78.1. The van der Waals surface area contributed by atoms with Crippen LogP contribution < -0.4 is 0 Å². The number of alkyl halides is 1. The van der Waals surface area contributed by atoms with E-state index in [1.54, 1.807) is 0 Å². The van der Waals surface area contributed by atoms with Crippen LogP contribution in [-0.4, -0.2) is 122 Å². The van der Waals surface area contributed by atoms with Gasteiger partial charge >= 0.3 is 0 Å². The highest BCUT2D eigenvalue weighted by Gasteiger charge is 2.57. The molecule has 2 rings (SSSR count). The highest BCUT2D eigenvalue weighted by atomic mass is 18.2. The molecule has 0 aliphatic carbocycles. The second-order valence-corrected chi connectivity index (χ2v) is 6.33. The Morgan fingerprint density at radius 2 is 1.46 bits per heavy atom. The monoisotopic (exact) mass is 387 g/mol. The number of rotatable bonds is 6. The van der Waals surface area contributed by atoms with Crippen molar-refractivity contribution in [1.29, 1.82) is 0 Å². The predicted octanol–water partition coefficient (Wildman–Crippen LogP) is -4.67. The first-order chi connectivity index (χ1) is 12.2. The average molecular weight is 387 g/mol. The Hall–Kier alpha value is -0.510. The van der Waals surface area contributed by atoms with Crippen LogP contribution in [0, 0.1) is 0 Å². The lowest BCUT2D eigenvalue weighted by Crippen LogP contribution is -2.70. The standard InChI is InChI=1S/C14H25FO11/c15-2-1-14(12(22)9(20)7(18)5(3-16)25-14)26-11-6(4-17)24-13(23)10(21)8(11)19/h5-13,16-23H,1-4H2/t5-,6-,7+,8-,9+,10-,11-,12-,13?,14+/m1/s1/i15-1. The average Bonchev–Trinajstić information content (AvgIpc) is 2.63. The number of hydrogen-bond donors (Lipinski definition) is 8. The molecule has 2 aliphatic rings. The molecule has 2 fully saturated rings. The van der Waals surface area contributed by atoms with Gasteiger partial charge in [-0.3, -0.25) is 4.39 Å². The third-order valence-electron chi connectivity index (χ3n) is 4.65. The Morgan fingerprint density at radius 1 is 0.846 bits per heavy atom. The first-order valence-electron chi connectivity index (χ1n) is 8.09. The zero-order chi connectivity index (χ0) is 19.6. The van der Waals surface area contributed by atoms with Gasteiger partial charge in [-0.25, -0.2) is 0 Å². The van der Waals surface area contributed by atoms with E-state index in [0.29, 0.717) is 0 Å². The molecule has 12 heteroatoms. The van der Waals surface area contributed by atoms with Gasteiger partial charge in [-0.2, -0.15) is 0 Å². The molecule has 0 aromatic carbocycles. The van der Waals surface area contributed by atoms with Gasteiger partial charge in [0.15, 0.2) is 6.29 Å². The second kappa shape index (κ2) is 8.67. The molecule has 0 aromatic heterocycles. The maximum atomic E-state index is 13.1. The van der Waals surface area contributed by atoms with E-state index in [1.165, 1.54) is 0 Å². The SMILES string of the molecule is OC[C@H]1O[C@@](CC[18F])(O[C@H]2[C@H](O)[C@@H](O)C(O)O[C@@H]2CO)[C@H](O)[C@@H](O)[C@H]1O. The van der Waals surface area contributed by atoms with E-state index < -0.39 is 87.2 Å². The van der Waals surface area contributed by atoms with Gasteiger partial charge in [0.05, 0.1) is 19.9 Å². The molecule has 0 spiro atoms. The van der Waals surface area contributed by atoms with Crippen LogP contribution in [0.3, 0.4) is 0 Å². The molecule has 2 aliphatic heterocycles. The fraction of sp³-hybridized carbons (Fsp3) is 1.00. The van der Waals surface area contributed by atoms with Crippen molar-refractivity contribution in [3.8, 4) is 0 Å². The summed E-state index contributed by atoms with van der Waals surface area (Å²) < 4.78 is 28.8. The Bertz CT molecular complexity index is 453. The lowest BCUT2D eigenvalue weighted by Gasteiger charge is -2.51. The molecular weight excluding hydrogens is 362 g/mol. The highest BCUT2D eigenvalue weighted by Crippen LogP contribution is 2.37. The number of aliphatic hydroxyl groups excluding tert-OH is 8.